The lowest BCUT2D eigenvalue weighted by atomic mass is 10.0. The third-order valence-corrected chi connectivity index (χ3v) is 4.41. The smallest absolute Gasteiger partial charge is 0.0489 e. The number of ether oxygens (including phenoxy) is 1. The van der Waals surface area contributed by atoms with Gasteiger partial charge in [0.2, 0.25) is 0 Å². The molecule has 1 aliphatic heterocycles. The number of nitrogens with one attached hydrogen (secondary N) is 1. The second-order valence-electron chi connectivity index (χ2n) is 6.73. The molecule has 2 rings (SSSR count). The number of rotatable bonds is 8. The molecule has 2 aliphatic rings. The Bertz CT molecular complexity index is 253. The molecule has 2 fully saturated rings. The molecule has 2 atom stereocenters. The Morgan fingerprint density at radius 3 is 2.74 bits per heavy atom. The van der Waals surface area contributed by atoms with E-state index in [1.54, 1.807) is 0 Å². The summed E-state index contributed by atoms with van der Waals surface area (Å²) in [4.78, 5) is 2.71. The van der Waals surface area contributed by atoms with Crippen LogP contribution in [0.5, 0.6) is 0 Å². The Morgan fingerprint density at radius 1 is 1.32 bits per heavy atom. The van der Waals surface area contributed by atoms with Crippen molar-refractivity contribution in [2.75, 3.05) is 32.8 Å². The Labute approximate surface area is 119 Å². The normalized spacial score (nSPS) is 29.1. The topological polar surface area (TPSA) is 24.5 Å². The fraction of sp³-hybridized carbons (Fsp3) is 1.00. The van der Waals surface area contributed by atoms with Crippen molar-refractivity contribution in [3.8, 4) is 0 Å². The van der Waals surface area contributed by atoms with Crippen molar-refractivity contribution in [1.29, 1.82) is 0 Å². The van der Waals surface area contributed by atoms with Crippen LogP contribution in [-0.2, 0) is 4.74 Å². The molecule has 0 bridgehead atoms. The molecule has 2 unspecified atom stereocenters. The second kappa shape index (κ2) is 7.61. The van der Waals surface area contributed by atoms with Crippen LogP contribution in [0, 0.1) is 11.8 Å². The molecule has 3 heteroatoms. The van der Waals surface area contributed by atoms with Gasteiger partial charge in [0.25, 0.3) is 0 Å². The zero-order valence-corrected chi connectivity index (χ0v) is 13.0. The fourth-order valence-electron chi connectivity index (χ4n) is 3.06. The number of piperazine rings is 1. The lowest BCUT2D eigenvalue weighted by Gasteiger charge is -2.40. The van der Waals surface area contributed by atoms with E-state index >= 15 is 0 Å². The summed E-state index contributed by atoms with van der Waals surface area (Å²) in [7, 11) is 0. The van der Waals surface area contributed by atoms with Crippen LogP contribution < -0.4 is 5.32 Å². The summed E-state index contributed by atoms with van der Waals surface area (Å²) in [5.41, 5.74) is 0. The summed E-state index contributed by atoms with van der Waals surface area (Å²) in [5.74, 6) is 1.62. The van der Waals surface area contributed by atoms with Crippen molar-refractivity contribution in [3.05, 3.63) is 0 Å². The molecular formula is C16H32N2O. The van der Waals surface area contributed by atoms with Gasteiger partial charge in [0.05, 0.1) is 0 Å². The summed E-state index contributed by atoms with van der Waals surface area (Å²) in [6, 6.07) is 1.50. The number of hydrogen-bond donors (Lipinski definition) is 1. The van der Waals surface area contributed by atoms with E-state index in [-0.39, 0.29) is 0 Å². The van der Waals surface area contributed by atoms with Gasteiger partial charge in [-0.15, -0.1) is 0 Å². The van der Waals surface area contributed by atoms with Gasteiger partial charge < -0.3 is 10.1 Å². The summed E-state index contributed by atoms with van der Waals surface area (Å²) >= 11 is 0. The van der Waals surface area contributed by atoms with Gasteiger partial charge in [-0.25, -0.2) is 0 Å². The molecule has 0 amide bonds. The summed E-state index contributed by atoms with van der Waals surface area (Å²) in [5, 5.41) is 3.76. The Balaban J connectivity index is 1.66. The van der Waals surface area contributed by atoms with E-state index in [2.05, 4.69) is 31.0 Å². The standard InChI is InChI=1S/C16H32N2O/c1-4-15-10-17-16(14-6-7-14)11-18(15)8-5-9-19-12-13(2)3/h13-17H,4-12H2,1-3H3. The zero-order chi connectivity index (χ0) is 13.7. The highest BCUT2D eigenvalue weighted by Crippen LogP contribution is 2.34. The van der Waals surface area contributed by atoms with Crippen molar-refractivity contribution >= 4 is 0 Å². The third kappa shape index (κ3) is 5.05. The van der Waals surface area contributed by atoms with E-state index in [9.17, 15) is 0 Å². The van der Waals surface area contributed by atoms with Crippen LogP contribution in [0.15, 0.2) is 0 Å². The average molecular weight is 268 g/mol. The van der Waals surface area contributed by atoms with E-state index in [4.69, 9.17) is 4.74 Å². The van der Waals surface area contributed by atoms with Gasteiger partial charge >= 0.3 is 0 Å². The average Bonchev–Trinajstić information content (AvgIpc) is 3.22. The molecule has 19 heavy (non-hydrogen) atoms. The van der Waals surface area contributed by atoms with Gasteiger partial charge in [-0.05, 0) is 37.5 Å². The maximum atomic E-state index is 5.70. The van der Waals surface area contributed by atoms with Crippen molar-refractivity contribution < 1.29 is 4.74 Å². The Hall–Kier alpha value is -0.120. The van der Waals surface area contributed by atoms with Crippen molar-refractivity contribution in [2.45, 2.75) is 58.5 Å². The predicted molar refractivity (Wildman–Crippen MR) is 80.4 cm³/mol. The molecule has 1 N–H and O–H groups in total. The minimum Gasteiger partial charge on any atom is -0.381 e. The van der Waals surface area contributed by atoms with Gasteiger partial charge in [-0.2, -0.15) is 0 Å². The van der Waals surface area contributed by atoms with Crippen LogP contribution in [0.1, 0.15) is 46.5 Å². The largest absolute Gasteiger partial charge is 0.381 e. The maximum absolute atomic E-state index is 5.70. The highest BCUT2D eigenvalue weighted by atomic mass is 16.5. The second-order valence-corrected chi connectivity index (χ2v) is 6.73. The van der Waals surface area contributed by atoms with Gasteiger partial charge in [0, 0.05) is 44.9 Å². The molecule has 1 saturated carbocycles. The van der Waals surface area contributed by atoms with Gasteiger partial charge in [0.1, 0.15) is 0 Å². The summed E-state index contributed by atoms with van der Waals surface area (Å²) in [6.07, 6.45) is 5.33. The van der Waals surface area contributed by atoms with Crippen molar-refractivity contribution in [1.82, 2.24) is 10.2 Å². The van der Waals surface area contributed by atoms with Crippen molar-refractivity contribution in [2.24, 2.45) is 11.8 Å². The zero-order valence-electron chi connectivity index (χ0n) is 13.0. The minimum absolute atomic E-state index is 0.654. The third-order valence-electron chi connectivity index (χ3n) is 4.41. The molecule has 1 heterocycles. The van der Waals surface area contributed by atoms with E-state index < -0.39 is 0 Å². The molecule has 3 nitrogen and oxygen atoms in total. The quantitative estimate of drug-likeness (QED) is 0.685. The first-order valence-electron chi connectivity index (χ1n) is 8.25. The molecule has 0 spiro atoms. The van der Waals surface area contributed by atoms with Gasteiger partial charge in [-0.3, -0.25) is 4.90 Å². The van der Waals surface area contributed by atoms with Gasteiger partial charge in [-0.1, -0.05) is 20.8 Å². The maximum Gasteiger partial charge on any atom is 0.0489 e. The highest BCUT2D eigenvalue weighted by molar-refractivity contribution is 4.94. The molecule has 0 radical (unpaired) electrons. The lowest BCUT2D eigenvalue weighted by Crippen LogP contribution is -2.57. The summed E-state index contributed by atoms with van der Waals surface area (Å²) < 4.78 is 5.70. The first-order valence-corrected chi connectivity index (χ1v) is 8.25. The lowest BCUT2D eigenvalue weighted by molar-refractivity contribution is 0.0773. The van der Waals surface area contributed by atoms with Crippen molar-refractivity contribution in [3.63, 3.8) is 0 Å². The van der Waals surface area contributed by atoms with E-state index in [1.165, 1.54) is 45.3 Å². The monoisotopic (exact) mass is 268 g/mol. The van der Waals surface area contributed by atoms with E-state index in [0.717, 1.165) is 31.2 Å². The van der Waals surface area contributed by atoms with Gasteiger partial charge in [0.15, 0.2) is 0 Å². The molecule has 0 aromatic heterocycles. The molecule has 1 aliphatic carbocycles. The number of hydrogen-bond acceptors (Lipinski definition) is 3. The van der Waals surface area contributed by atoms with Crippen LogP contribution in [0.2, 0.25) is 0 Å². The van der Waals surface area contributed by atoms with Crippen LogP contribution in [0.4, 0.5) is 0 Å². The molecule has 112 valence electrons. The number of nitrogens with zero attached hydrogens (tertiary/aromatic N) is 1. The Morgan fingerprint density at radius 2 is 2.11 bits per heavy atom. The van der Waals surface area contributed by atoms with E-state index in [0.29, 0.717) is 5.92 Å². The first-order chi connectivity index (χ1) is 9.20. The fourth-order valence-corrected chi connectivity index (χ4v) is 3.06. The summed E-state index contributed by atoms with van der Waals surface area (Å²) in [6.45, 7) is 12.2. The van der Waals surface area contributed by atoms with E-state index in [1.807, 2.05) is 0 Å². The SMILES string of the molecule is CCC1CNC(C2CC2)CN1CCCOCC(C)C. The van der Waals surface area contributed by atoms with Crippen LogP contribution in [-0.4, -0.2) is 49.8 Å². The Kier molecular flexibility index (Phi) is 6.11. The van der Waals surface area contributed by atoms with Crippen LogP contribution in [0.3, 0.4) is 0 Å². The molecule has 0 aromatic carbocycles. The van der Waals surface area contributed by atoms with Crippen LogP contribution in [0.25, 0.3) is 0 Å². The predicted octanol–water partition coefficient (Wildman–Crippen LogP) is 2.51. The van der Waals surface area contributed by atoms with Crippen LogP contribution >= 0.6 is 0 Å². The highest BCUT2D eigenvalue weighted by Gasteiger charge is 2.36. The minimum atomic E-state index is 0.654. The first kappa shape index (κ1) is 15.3. The molecule has 0 aromatic rings. The molecular weight excluding hydrogens is 236 g/mol. The molecule has 1 saturated heterocycles.